The average Bonchev–Trinajstić information content (AvgIpc) is 2.30. The van der Waals surface area contributed by atoms with Crippen LogP contribution in [-0.2, 0) is 4.74 Å². The van der Waals surface area contributed by atoms with Gasteiger partial charge in [-0.1, -0.05) is 11.6 Å². The number of ether oxygens (including phenoxy) is 1. The van der Waals surface area contributed by atoms with Crippen LogP contribution in [0.2, 0.25) is 5.15 Å². The number of nitrogens with zero attached hydrogens (tertiary/aromatic N) is 3. The van der Waals surface area contributed by atoms with Crippen LogP contribution in [0.15, 0.2) is 0 Å². The molecule has 0 bridgehead atoms. The molecule has 0 spiro atoms. The Balaban J connectivity index is 2.21. The van der Waals surface area contributed by atoms with Gasteiger partial charge in [0.15, 0.2) is 12.1 Å². The van der Waals surface area contributed by atoms with Crippen LogP contribution in [0.25, 0.3) is 0 Å². The fraction of sp³-hybridized carbons (Fsp3) is 0.500. The molecule has 0 atom stereocenters. The van der Waals surface area contributed by atoms with E-state index in [9.17, 15) is 4.79 Å². The molecule has 92 valence electrons. The van der Waals surface area contributed by atoms with E-state index in [1.807, 2.05) is 5.01 Å². The van der Waals surface area contributed by atoms with Crippen molar-refractivity contribution in [1.82, 2.24) is 15.0 Å². The first-order chi connectivity index (χ1) is 8.20. The fourth-order valence-electron chi connectivity index (χ4n) is 1.56. The topological polar surface area (TPSA) is 67.4 Å². The van der Waals surface area contributed by atoms with Gasteiger partial charge in [-0.15, -0.1) is 0 Å². The number of nitrogens with one attached hydrogen (secondary N) is 1. The fourth-order valence-corrected chi connectivity index (χ4v) is 1.82. The molecule has 7 heteroatoms. The lowest BCUT2D eigenvalue weighted by atomic mass is 10.3. The summed E-state index contributed by atoms with van der Waals surface area (Å²) in [6, 6.07) is 0. The van der Waals surface area contributed by atoms with Gasteiger partial charge in [-0.2, -0.15) is 0 Å². The predicted molar refractivity (Wildman–Crippen MR) is 63.2 cm³/mol. The van der Waals surface area contributed by atoms with Gasteiger partial charge in [0.25, 0.3) is 0 Å². The summed E-state index contributed by atoms with van der Waals surface area (Å²) < 4.78 is 5.23. The molecule has 0 radical (unpaired) electrons. The molecule has 1 fully saturated rings. The highest BCUT2D eigenvalue weighted by Gasteiger charge is 2.15. The molecule has 0 amide bonds. The quantitative estimate of drug-likeness (QED) is 0.641. The van der Waals surface area contributed by atoms with E-state index < -0.39 is 0 Å². The molecule has 1 aliphatic rings. The Kier molecular flexibility index (Phi) is 3.88. The maximum atomic E-state index is 11.0. The van der Waals surface area contributed by atoms with Crippen LogP contribution in [0, 0.1) is 6.92 Å². The zero-order valence-electron chi connectivity index (χ0n) is 9.44. The summed E-state index contributed by atoms with van der Waals surface area (Å²) in [5.41, 5.74) is 3.35. The van der Waals surface area contributed by atoms with Crippen molar-refractivity contribution >= 4 is 23.7 Å². The molecular formula is C10H13ClN4O2. The molecule has 1 aromatic rings. The summed E-state index contributed by atoms with van der Waals surface area (Å²) in [6.45, 7) is 4.51. The minimum Gasteiger partial charge on any atom is -0.379 e. The molecule has 0 aromatic carbocycles. The van der Waals surface area contributed by atoms with Crippen LogP contribution in [0.1, 0.15) is 16.2 Å². The zero-order valence-corrected chi connectivity index (χ0v) is 10.2. The molecule has 1 aliphatic heterocycles. The molecule has 1 saturated heterocycles. The molecule has 1 N–H and O–H groups in total. The first-order valence-corrected chi connectivity index (χ1v) is 5.67. The lowest BCUT2D eigenvalue weighted by molar-refractivity contribution is 0.0494. The van der Waals surface area contributed by atoms with Gasteiger partial charge in [0.05, 0.1) is 18.8 Å². The number of aromatic nitrogens is 2. The van der Waals surface area contributed by atoms with E-state index in [1.54, 1.807) is 6.92 Å². The molecule has 0 saturated carbocycles. The number of halogens is 1. The number of anilines is 1. The largest absolute Gasteiger partial charge is 0.379 e. The highest BCUT2D eigenvalue weighted by molar-refractivity contribution is 6.32. The van der Waals surface area contributed by atoms with Gasteiger partial charge >= 0.3 is 0 Å². The molecule has 1 aromatic heterocycles. The number of hydrogen-bond donors (Lipinski definition) is 1. The Labute approximate surface area is 104 Å². The Morgan fingerprint density at radius 1 is 1.41 bits per heavy atom. The van der Waals surface area contributed by atoms with Crippen molar-refractivity contribution in [2.24, 2.45) is 0 Å². The number of rotatable bonds is 3. The SMILES string of the molecule is Cc1nc(Cl)c(C=O)c(NN2CCOCC2)n1. The van der Waals surface area contributed by atoms with E-state index in [0.29, 0.717) is 31.1 Å². The number of aryl methyl sites for hydroxylation is 1. The Morgan fingerprint density at radius 2 is 2.12 bits per heavy atom. The van der Waals surface area contributed by atoms with Crippen LogP contribution in [-0.4, -0.2) is 47.6 Å². The molecule has 0 aliphatic carbocycles. The monoisotopic (exact) mass is 256 g/mol. The summed E-state index contributed by atoms with van der Waals surface area (Å²) in [7, 11) is 0. The Bertz CT molecular complexity index is 421. The van der Waals surface area contributed by atoms with Crippen LogP contribution in [0.5, 0.6) is 0 Å². The molecule has 2 heterocycles. The zero-order chi connectivity index (χ0) is 12.3. The standard InChI is InChI=1S/C10H13ClN4O2/c1-7-12-9(11)8(6-16)10(13-7)14-15-2-4-17-5-3-15/h6H,2-5H2,1H3,(H,12,13,14). The molecule has 0 unspecified atom stereocenters. The van der Waals surface area contributed by atoms with Gasteiger partial charge in [-0.25, -0.2) is 15.0 Å². The van der Waals surface area contributed by atoms with Crippen LogP contribution in [0.3, 0.4) is 0 Å². The Hall–Kier alpha value is -1.24. The third kappa shape index (κ3) is 2.91. The van der Waals surface area contributed by atoms with Crippen molar-refractivity contribution in [2.45, 2.75) is 6.92 Å². The number of hydrogen-bond acceptors (Lipinski definition) is 6. The molecular weight excluding hydrogens is 244 g/mol. The smallest absolute Gasteiger partial charge is 0.156 e. The van der Waals surface area contributed by atoms with Gasteiger partial charge in [0.2, 0.25) is 0 Å². The van der Waals surface area contributed by atoms with Gasteiger partial charge in [0, 0.05) is 13.1 Å². The van der Waals surface area contributed by atoms with Gasteiger partial charge in [-0.05, 0) is 6.92 Å². The van der Waals surface area contributed by atoms with Crippen molar-refractivity contribution < 1.29 is 9.53 Å². The van der Waals surface area contributed by atoms with Crippen LogP contribution >= 0.6 is 11.6 Å². The number of hydrazine groups is 1. The van der Waals surface area contributed by atoms with Crippen molar-refractivity contribution in [3.8, 4) is 0 Å². The van der Waals surface area contributed by atoms with E-state index >= 15 is 0 Å². The second-order valence-corrected chi connectivity index (χ2v) is 4.01. The number of morpholine rings is 1. The summed E-state index contributed by atoms with van der Waals surface area (Å²) >= 11 is 5.89. The van der Waals surface area contributed by atoms with Crippen molar-refractivity contribution in [3.63, 3.8) is 0 Å². The normalized spacial score (nSPS) is 16.8. The third-order valence-corrected chi connectivity index (χ3v) is 2.69. The summed E-state index contributed by atoms with van der Waals surface area (Å²) in [5.74, 6) is 0.968. The molecule has 6 nitrogen and oxygen atoms in total. The van der Waals surface area contributed by atoms with Crippen LogP contribution < -0.4 is 5.43 Å². The first-order valence-electron chi connectivity index (χ1n) is 5.29. The van der Waals surface area contributed by atoms with E-state index in [-0.39, 0.29) is 10.7 Å². The second kappa shape index (κ2) is 5.39. The number of carbonyl (C=O) groups excluding carboxylic acids is 1. The number of aldehydes is 1. The maximum absolute atomic E-state index is 11.0. The maximum Gasteiger partial charge on any atom is 0.156 e. The Morgan fingerprint density at radius 3 is 2.76 bits per heavy atom. The van der Waals surface area contributed by atoms with Gasteiger partial charge < -0.3 is 10.2 Å². The van der Waals surface area contributed by atoms with E-state index in [0.717, 1.165) is 13.1 Å². The average molecular weight is 257 g/mol. The minimum absolute atomic E-state index is 0.170. The lowest BCUT2D eigenvalue weighted by Crippen LogP contribution is -2.40. The summed E-state index contributed by atoms with van der Waals surface area (Å²) in [4.78, 5) is 19.1. The number of carbonyl (C=O) groups is 1. The van der Waals surface area contributed by atoms with Crippen molar-refractivity contribution in [3.05, 3.63) is 16.5 Å². The first kappa shape index (κ1) is 12.2. The van der Waals surface area contributed by atoms with Gasteiger partial charge in [0.1, 0.15) is 11.0 Å². The summed E-state index contributed by atoms with van der Waals surface area (Å²) in [5, 5.41) is 2.11. The highest BCUT2D eigenvalue weighted by atomic mass is 35.5. The minimum atomic E-state index is 0.170. The third-order valence-electron chi connectivity index (χ3n) is 2.40. The highest BCUT2D eigenvalue weighted by Crippen LogP contribution is 2.19. The van der Waals surface area contributed by atoms with Crippen molar-refractivity contribution in [1.29, 1.82) is 0 Å². The molecule has 2 rings (SSSR count). The van der Waals surface area contributed by atoms with Gasteiger partial charge in [-0.3, -0.25) is 4.79 Å². The van der Waals surface area contributed by atoms with E-state index in [4.69, 9.17) is 16.3 Å². The lowest BCUT2D eigenvalue weighted by Gasteiger charge is -2.27. The summed E-state index contributed by atoms with van der Waals surface area (Å²) in [6.07, 6.45) is 0.657. The van der Waals surface area contributed by atoms with Crippen molar-refractivity contribution in [2.75, 3.05) is 31.7 Å². The second-order valence-electron chi connectivity index (χ2n) is 3.65. The van der Waals surface area contributed by atoms with Crippen LogP contribution in [0.4, 0.5) is 5.82 Å². The van der Waals surface area contributed by atoms with E-state index in [2.05, 4.69) is 15.4 Å². The van der Waals surface area contributed by atoms with E-state index in [1.165, 1.54) is 0 Å². The predicted octanol–water partition coefficient (Wildman–Crippen LogP) is 0.910. The molecule has 17 heavy (non-hydrogen) atoms.